The topological polar surface area (TPSA) is 102 Å². The quantitative estimate of drug-likeness (QED) is 0.639. The molecule has 0 aromatic rings. The molecular formula is C7H15N3O4S. The summed E-state index contributed by atoms with van der Waals surface area (Å²) >= 11 is 0. The van der Waals surface area contributed by atoms with Gasteiger partial charge in [0, 0.05) is 19.1 Å². The second-order valence-corrected chi connectivity index (χ2v) is 4.85. The van der Waals surface area contributed by atoms with Gasteiger partial charge in [-0.25, -0.2) is 9.52 Å². The Morgan fingerprint density at radius 2 is 2.20 bits per heavy atom. The van der Waals surface area contributed by atoms with E-state index in [-0.39, 0.29) is 19.1 Å². The second-order valence-electron chi connectivity index (χ2n) is 3.23. The lowest BCUT2D eigenvalue weighted by Crippen LogP contribution is -2.46. The van der Waals surface area contributed by atoms with Crippen molar-refractivity contribution in [3.05, 3.63) is 0 Å². The molecular weight excluding hydrogens is 222 g/mol. The standard InChI is InChI=1S/C7H15N3O4S/c1-14-7(11)9-15(12,13)10(5-4-8)6-2-3-6/h6H,2-5,8H2,1H3,(H,9,11). The Morgan fingerprint density at radius 1 is 1.60 bits per heavy atom. The third-order valence-electron chi connectivity index (χ3n) is 2.01. The molecule has 1 rings (SSSR count). The molecule has 3 N–H and O–H groups in total. The van der Waals surface area contributed by atoms with Crippen molar-refractivity contribution in [1.29, 1.82) is 0 Å². The molecule has 15 heavy (non-hydrogen) atoms. The van der Waals surface area contributed by atoms with Crippen molar-refractivity contribution >= 4 is 16.3 Å². The lowest BCUT2D eigenvalue weighted by Gasteiger charge is -2.20. The van der Waals surface area contributed by atoms with Gasteiger partial charge in [0.2, 0.25) is 0 Å². The minimum absolute atomic E-state index is 0.0318. The van der Waals surface area contributed by atoms with E-state index in [1.54, 1.807) is 4.72 Å². The Labute approximate surface area is 88.7 Å². The highest BCUT2D eigenvalue weighted by Crippen LogP contribution is 2.28. The predicted molar refractivity (Wildman–Crippen MR) is 53.2 cm³/mol. The summed E-state index contributed by atoms with van der Waals surface area (Å²) in [5.41, 5.74) is 5.30. The van der Waals surface area contributed by atoms with E-state index in [9.17, 15) is 13.2 Å². The summed E-state index contributed by atoms with van der Waals surface area (Å²) in [7, 11) is -2.70. The normalized spacial score (nSPS) is 16.5. The molecule has 1 saturated carbocycles. The number of nitrogens with two attached hydrogens (primary N) is 1. The van der Waals surface area contributed by atoms with Crippen LogP contribution in [0.1, 0.15) is 12.8 Å². The number of nitrogens with one attached hydrogen (secondary N) is 1. The van der Waals surface area contributed by atoms with Crippen LogP contribution in [0, 0.1) is 0 Å². The zero-order valence-corrected chi connectivity index (χ0v) is 9.29. The molecule has 0 aliphatic heterocycles. The smallest absolute Gasteiger partial charge is 0.421 e. The van der Waals surface area contributed by atoms with Crippen LogP contribution >= 0.6 is 0 Å². The van der Waals surface area contributed by atoms with Gasteiger partial charge in [-0.2, -0.15) is 12.7 Å². The number of carbonyl (C=O) groups is 1. The molecule has 8 heteroatoms. The molecule has 88 valence electrons. The van der Waals surface area contributed by atoms with Crippen LogP contribution in [0.5, 0.6) is 0 Å². The summed E-state index contributed by atoms with van der Waals surface area (Å²) in [6.07, 6.45) is 0.627. The molecule has 1 aliphatic rings. The van der Waals surface area contributed by atoms with Crippen LogP contribution in [0.2, 0.25) is 0 Å². The largest absolute Gasteiger partial charge is 0.452 e. The minimum Gasteiger partial charge on any atom is -0.452 e. The highest BCUT2D eigenvalue weighted by Gasteiger charge is 2.37. The van der Waals surface area contributed by atoms with Gasteiger partial charge in [-0.05, 0) is 12.8 Å². The predicted octanol–water partition coefficient (Wildman–Crippen LogP) is -0.990. The molecule has 0 heterocycles. The molecule has 1 aliphatic carbocycles. The summed E-state index contributed by atoms with van der Waals surface area (Å²) in [5.74, 6) is 0. The van der Waals surface area contributed by atoms with Crippen LogP contribution < -0.4 is 10.5 Å². The fourth-order valence-corrected chi connectivity index (χ4v) is 2.55. The molecule has 0 atom stereocenters. The van der Waals surface area contributed by atoms with Gasteiger partial charge in [0.25, 0.3) is 0 Å². The summed E-state index contributed by atoms with van der Waals surface area (Å²) in [6, 6.07) is -0.0318. The van der Waals surface area contributed by atoms with Gasteiger partial charge >= 0.3 is 16.3 Å². The van der Waals surface area contributed by atoms with Crippen LogP contribution in [0.4, 0.5) is 4.79 Å². The third-order valence-corrected chi connectivity index (χ3v) is 3.53. The third kappa shape index (κ3) is 3.33. The Balaban J connectivity index is 2.67. The molecule has 1 fully saturated rings. The van der Waals surface area contributed by atoms with Crippen LogP contribution in [0.15, 0.2) is 0 Å². The van der Waals surface area contributed by atoms with Crippen molar-refractivity contribution in [2.24, 2.45) is 5.73 Å². The van der Waals surface area contributed by atoms with Gasteiger partial charge in [-0.3, -0.25) is 0 Å². The van der Waals surface area contributed by atoms with E-state index >= 15 is 0 Å². The molecule has 0 radical (unpaired) electrons. The molecule has 0 bridgehead atoms. The number of carbonyl (C=O) groups excluding carboxylic acids is 1. The minimum atomic E-state index is -3.80. The monoisotopic (exact) mass is 237 g/mol. The van der Waals surface area contributed by atoms with E-state index in [2.05, 4.69) is 4.74 Å². The second kappa shape index (κ2) is 4.77. The Hall–Kier alpha value is -0.860. The first kappa shape index (κ1) is 12.2. The van der Waals surface area contributed by atoms with Crippen LogP contribution in [0.3, 0.4) is 0 Å². The number of methoxy groups -OCH3 is 1. The van der Waals surface area contributed by atoms with Crippen molar-refractivity contribution < 1.29 is 17.9 Å². The van der Waals surface area contributed by atoms with Crippen LogP contribution in [-0.2, 0) is 14.9 Å². The molecule has 0 spiro atoms. The fourth-order valence-electron chi connectivity index (χ4n) is 1.19. The molecule has 1 amide bonds. The maximum absolute atomic E-state index is 11.6. The van der Waals surface area contributed by atoms with Crippen molar-refractivity contribution in [3.63, 3.8) is 0 Å². The lowest BCUT2D eigenvalue weighted by atomic mass is 10.6. The van der Waals surface area contributed by atoms with E-state index in [1.165, 1.54) is 4.31 Å². The van der Waals surface area contributed by atoms with Gasteiger partial charge in [0.15, 0.2) is 0 Å². The Kier molecular flexibility index (Phi) is 3.89. The average molecular weight is 237 g/mol. The van der Waals surface area contributed by atoms with Crippen molar-refractivity contribution in [1.82, 2.24) is 9.03 Å². The summed E-state index contributed by atoms with van der Waals surface area (Å²) in [4.78, 5) is 10.8. The van der Waals surface area contributed by atoms with E-state index in [4.69, 9.17) is 5.73 Å². The maximum Gasteiger partial charge on any atom is 0.421 e. The summed E-state index contributed by atoms with van der Waals surface area (Å²) in [6.45, 7) is 0.426. The first-order valence-corrected chi connectivity index (χ1v) is 6.03. The molecule has 0 unspecified atom stereocenters. The van der Waals surface area contributed by atoms with Crippen molar-refractivity contribution in [2.75, 3.05) is 20.2 Å². The molecule has 0 saturated heterocycles. The zero-order valence-electron chi connectivity index (χ0n) is 8.47. The van der Waals surface area contributed by atoms with Gasteiger partial charge in [-0.1, -0.05) is 0 Å². The molecule has 0 aromatic heterocycles. The van der Waals surface area contributed by atoms with E-state index in [1.807, 2.05) is 0 Å². The number of hydrogen-bond acceptors (Lipinski definition) is 5. The zero-order chi connectivity index (χ0) is 11.5. The Morgan fingerprint density at radius 3 is 2.60 bits per heavy atom. The Bertz CT molecular complexity index is 325. The van der Waals surface area contributed by atoms with E-state index in [0.717, 1.165) is 20.0 Å². The average Bonchev–Trinajstić information content (AvgIpc) is 2.96. The summed E-state index contributed by atoms with van der Waals surface area (Å²) < 4.78 is 30.5. The summed E-state index contributed by atoms with van der Waals surface area (Å²) in [5, 5.41) is 0. The highest BCUT2D eigenvalue weighted by molar-refractivity contribution is 7.87. The number of rotatable bonds is 5. The number of hydrogen-bond donors (Lipinski definition) is 2. The lowest BCUT2D eigenvalue weighted by molar-refractivity contribution is 0.177. The molecule has 7 nitrogen and oxygen atoms in total. The number of ether oxygens (including phenoxy) is 1. The van der Waals surface area contributed by atoms with E-state index in [0.29, 0.717) is 0 Å². The van der Waals surface area contributed by atoms with Gasteiger partial charge in [-0.15, -0.1) is 0 Å². The number of amides is 1. The maximum atomic E-state index is 11.6. The number of nitrogens with zero attached hydrogens (tertiary/aromatic N) is 1. The van der Waals surface area contributed by atoms with Crippen molar-refractivity contribution in [2.45, 2.75) is 18.9 Å². The van der Waals surface area contributed by atoms with Gasteiger partial charge < -0.3 is 10.5 Å². The molecule has 0 aromatic carbocycles. The first-order valence-electron chi connectivity index (χ1n) is 4.59. The van der Waals surface area contributed by atoms with Gasteiger partial charge in [0.1, 0.15) is 0 Å². The highest BCUT2D eigenvalue weighted by atomic mass is 32.2. The fraction of sp³-hybridized carbons (Fsp3) is 0.857. The van der Waals surface area contributed by atoms with Crippen LogP contribution in [-0.4, -0.2) is 45.1 Å². The van der Waals surface area contributed by atoms with E-state index < -0.39 is 16.3 Å². The van der Waals surface area contributed by atoms with Gasteiger partial charge in [0.05, 0.1) is 7.11 Å². The SMILES string of the molecule is COC(=O)NS(=O)(=O)N(CCN)C1CC1. The van der Waals surface area contributed by atoms with Crippen LogP contribution in [0.25, 0.3) is 0 Å². The van der Waals surface area contributed by atoms with Crippen molar-refractivity contribution in [3.8, 4) is 0 Å². The first-order chi connectivity index (χ1) is 7.01.